The Morgan fingerprint density at radius 1 is 1.33 bits per heavy atom. The van der Waals surface area contributed by atoms with Crippen molar-refractivity contribution in [2.45, 2.75) is 64.0 Å². The first kappa shape index (κ1) is 11.4. The third-order valence-corrected chi connectivity index (χ3v) is 3.78. The van der Waals surface area contributed by atoms with Gasteiger partial charge in [0.2, 0.25) is 0 Å². The van der Waals surface area contributed by atoms with Crippen LogP contribution in [0.2, 0.25) is 0 Å². The molecule has 2 rings (SSSR count). The summed E-state index contributed by atoms with van der Waals surface area (Å²) in [5.41, 5.74) is 0. The average molecular weight is 210 g/mol. The zero-order chi connectivity index (χ0) is 10.5. The normalized spacial score (nSPS) is 28.2. The van der Waals surface area contributed by atoms with Crippen molar-refractivity contribution in [3.8, 4) is 0 Å². The molecule has 2 nitrogen and oxygen atoms in total. The maximum absolute atomic E-state index is 3.65. The molecule has 2 aliphatic rings. The second kappa shape index (κ2) is 5.86. The first-order valence-corrected chi connectivity index (χ1v) is 6.81. The number of hydrogen-bond donors (Lipinski definition) is 2. The van der Waals surface area contributed by atoms with E-state index in [1.54, 1.807) is 0 Å². The summed E-state index contributed by atoms with van der Waals surface area (Å²) >= 11 is 0. The van der Waals surface area contributed by atoms with Crippen LogP contribution in [-0.4, -0.2) is 25.2 Å². The van der Waals surface area contributed by atoms with Gasteiger partial charge < -0.3 is 10.6 Å². The molecule has 0 aromatic carbocycles. The fraction of sp³-hybridized carbons (Fsp3) is 1.00. The average Bonchev–Trinajstić information content (AvgIpc) is 2.91. The first-order valence-electron chi connectivity index (χ1n) is 6.81. The highest BCUT2D eigenvalue weighted by atomic mass is 15.0. The van der Waals surface area contributed by atoms with Crippen LogP contribution in [0.4, 0.5) is 0 Å². The zero-order valence-electron chi connectivity index (χ0n) is 10.1. The molecule has 0 aromatic heterocycles. The molecule has 15 heavy (non-hydrogen) atoms. The van der Waals surface area contributed by atoms with Crippen LogP contribution in [0.25, 0.3) is 0 Å². The highest BCUT2D eigenvalue weighted by Crippen LogP contribution is 2.33. The Hall–Kier alpha value is -0.0800. The molecule has 2 N–H and O–H groups in total. The summed E-state index contributed by atoms with van der Waals surface area (Å²) in [4.78, 5) is 0. The summed E-state index contributed by atoms with van der Waals surface area (Å²) < 4.78 is 0. The molecule has 2 unspecified atom stereocenters. The van der Waals surface area contributed by atoms with E-state index >= 15 is 0 Å². The fourth-order valence-electron chi connectivity index (χ4n) is 2.61. The van der Waals surface area contributed by atoms with E-state index in [-0.39, 0.29) is 0 Å². The molecule has 1 aliphatic heterocycles. The zero-order valence-corrected chi connectivity index (χ0v) is 10.1. The molecule has 1 aliphatic carbocycles. The van der Waals surface area contributed by atoms with Crippen molar-refractivity contribution in [2.24, 2.45) is 5.92 Å². The SMILES string of the molecule is CC(CC1CCCN1)NCCCC1CC1. The molecular formula is C13H26N2. The molecule has 0 spiro atoms. The third-order valence-electron chi connectivity index (χ3n) is 3.78. The second-order valence-corrected chi connectivity index (χ2v) is 5.47. The van der Waals surface area contributed by atoms with Gasteiger partial charge >= 0.3 is 0 Å². The van der Waals surface area contributed by atoms with Gasteiger partial charge in [0.05, 0.1) is 0 Å². The monoisotopic (exact) mass is 210 g/mol. The van der Waals surface area contributed by atoms with Gasteiger partial charge in [-0.3, -0.25) is 0 Å². The van der Waals surface area contributed by atoms with Gasteiger partial charge in [-0.2, -0.15) is 0 Å². The van der Waals surface area contributed by atoms with Crippen LogP contribution in [0.15, 0.2) is 0 Å². The van der Waals surface area contributed by atoms with Crippen molar-refractivity contribution in [1.82, 2.24) is 10.6 Å². The molecule has 1 heterocycles. The molecule has 0 radical (unpaired) electrons. The molecule has 0 bridgehead atoms. The summed E-state index contributed by atoms with van der Waals surface area (Å²) in [7, 11) is 0. The van der Waals surface area contributed by atoms with Crippen LogP contribution in [0, 0.1) is 5.92 Å². The van der Waals surface area contributed by atoms with E-state index in [0.717, 1.165) is 12.0 Å². The van der Waals surface area contributed by atoms with Gasteiger partial charge in [-0.15, -0.1) is 0 Å². The van der Waals surface area contributed by atoms with Crippen molar-refractivity contribution >= 4 is 0 Å². The Bertz CT molecular complexity index is 171. The van der Waals surface area contributed by atoms with E-state index in [1.165, 1.54) is 58.0 Å². The van der Waals surface area contributed by atoms with Gasteiger partial charge in [-0.05, 0) is 58.0 Å². The van der Waals surface area contributed by atoms with Gasteiger partial charge in [0, 0.05) is 12.1 Å². The Morgan fingerprint density at radius 3 is 2.87 bits per heavy atom. The van der Waals surface area contributed by atoms with Crippen molar-refractivity contribution in [3.05, 3.63) is 0 Å². The predicted molar refractivity (Wildman–Crippen MR) is 65.1 cm³/mol. The Kier molecular flexibility index (Phi) is 4.45. The smallest absolute Gasteiger partial charge is 0.00822 e. The van der Waals surface area contributed by atoms with E-state index in [4.69, 9.17) is 0 Å². The van der Waals surface area contributed by atoms with Crippen LogP contribution >= 0.6 is 0 Å². The quantitative estimate of drug-likeness (QED) is 0.630. The Labute approximate surface area is 94.2 Å². The van der Waals surface area contributed by atoms with Gasteiger partial charge in [0.15, 0.2) is 0 Å². The van der Waals surface area contributed by atoms with Crippen molar-refractivity contribution < 1.29 is 0 Å². The topological polar surface area (TPSA) is 24.1 Å². The van der Waals surface area contributed by atoms with Crippen LogP contribution in [0.5, 0.6) is 0 Å². The molecular weight excluding hydrogens is 184 g/mol. The lowest BCUT2D eigenvalue weighted by molar-refractivity contribution is 0.433. The van der Waals surface area contributed by atoms with E-state index in [9.17, 15) is 0 Å². The minimum absolute atomic E-state index is 0.694. The van der Waals surface area contributed by atoms with Crippen molar-refractivity contribution in [2.75, 3.05) is 13.1 Å². The van der Waals surface area contributed by atoms with Gasteiger partial charge in [-0.25, -0.2) is 0 Å². The largest absolute Gasteiger partial charge is 0.314 e. The first-order chi connectivity index (χ1) is 7.34. The lowest BCUT2D eigenvalue weighted by Crippen LogP contribution is -2.34. The lowest BCUT2D eigenvalue weighted by Gasteiger charge is -2.18. The van der Waals surface area contributed by atoms with Crippen LogP contribution in [0.1, 0.15) is 51.9 Å². The summed E-state index contributed by atoms with van der Waals surface area (Å²) in [6, 6.07) is 1.48. The summed E-state index contributed by atoms with van der Waals surface area (Å²) in [6.45, 7) is 4.79. The minimum atomic E-state index is 0.694. The number of hydrogen-bond acceptors (Lipinski definition) is 2. The Balaban J connectivity index is 1.45. The maximum atomic E-state index is 3.65. The van der Waals surface area contributed by atoms with E-state index in [1.807, 2.05) is 0 Å². The van der Waals surface area contributed by atoms with E-state index < -0.39 is 0 Å². The van der Waals surface area contributed by atoms with Gasteiger partial charge in [0.1, 0.15) is 0 Å². The van der Waals surface area contributed by atoms with E-state index in [2.05, 4.69) is 17.6 Å². The van der Waals surface area contributed by atoms with Crippen LogP contribution in [-0.2, 0) is 0 Å². The highest BCUT2D eigenvalue weighted by Gasteiger charge is 2.20. The van der Waals surface area contributed by atoms with Gasteiger partial charge in [0.25, 0.3) is 0 Å². The number of rotatable bonds is 7. The fourth-order valence-corrected chi connectivity index (χ4v) is 2.61. The molecule has 2 atom stereocenters. The molecule has 1 saturated carbocycles. The predicted octanol–water partition coefficient (Wildman–Crippen LogP) is 2.30. The third kappa shape index (κ3) is 4.52. The van der Waals surface area contributed by atoms with E-state index in [0.29, 0.717) is 6.04 Å². The van der Waals surface area contributed by atoms with Crippen molar-refractivity contribution in [3.63, 3.8) is 0 Å². The summed E-state index contributed by atoms with van der Waals surface area (Å²) in [5.74, 6) is 1.10. The standard InChI is InChI=1S/C13H26N2/c1-11(10-13-5-3-9-15-13)14-8-2-4-12-6-7-12/h11-15H,2-10H2,1H3. The molecule has 2 fully saturated rings. The molecule has 1 saturated heterocycles. The maximum Gasteiger partial charge on any atom is 0.00822 e. The van der Waals surface area contributed by atoms with Crippen LogP contribution < -0.4 is 10.6 Å². The minimum Gasteiger partial charge on any atom is -0.314 e. The van der Waals surface area contributed by atoms with Gasteiger partial charge in [-0.1, -0.05) is 12.8 Å². The highest BCUT2D eigenvalue weighted by molar-refractivity contribution is 4.79. The van der Waals surface area contributed by atoms with Crippen LogP contribution in [0.3, 0.4) is 0 Å². The lowest BCUT2D eigenvalue weighted by atomic mass is 10.1. The molecule has 0 aromatic rings. The number of nitrogens with one attached hydrogen (secondary N) is 2. The second-order valence-electron chi connectivity index (χ2n) is 5.47. The Morgan fingerprint density at radius 2 is 2.20 bits per heavy atom. The molecule has 88 valence electrons. The van der Waals surface area contributed by atoms with Crippen molar-refractivity contribution in [1.29, 1.82) is 0 Å². The molecule has 0 amide bonds. The summed E-state index contributed by atoms with van der Waals surface area (Å²) in [6.07, 6.45) is 9.91. The summed E-state index contributed by atoms with van der Waals surface area (Å²) in [5, 5.41) is 7.22. The molecule has 2 heteroatoms.